The summed E-state index contributed by atoms with van der Waals surface area (Å²) >= 11 is 0. The Morgan fingerprint density at radius 2 is 2.14 bits per heavy atom. The number of urea groups is 1. The highest BCUT2D eigenvalue weighted by atomic mass is 16.2. The lowest BCUT2D eigenvalue weighted by Gasteiger charge is -2.55. The van der Waals surface area contributed by atoms with Gasteiger partial charge >= 0.3 is 6.03 Å². The summed E-state index contributed by atoms with van der Waals surface area (Å²) < 4.78 is 0. The van der Waals surface area contributed by atoms with Gasteiger partial charge in [-0.2, -0.15) is 5.10 Å². The Kier molecular flexibility index (Phi) is 3.01. The third kappa shape index (κ3) is 1.93. The van der Waals surface area contributed by atoms with Crippen molar-refractivity contribution in [2.45, 2.75) is 52.5 Å². The molecule has 114 valence electrons. The van der Waals surface area contributed by atoms with Crippen LogP contribution in [0.15, 0.2) is 16.8 Å². The summed E-state index contributed by atoms with van der Waals surface area (Å²) in [5, 5.41) is 7.85. The lowest BCUT2D eigenvalue weighted by molar-refractivity contribution is -0.130. The van der Waals surface area contributed by atoms with Gasteiger partial charge in [0.05, 0.1) is 6.21 Å². The zero-order valence-electron chi connectivity index (χ0n) is 13.1. The maximum absolute atomic E-state index is 12.3. The second kappa shape index (κ2) is 4.42. The molecule has 1 saturated heterocycles. The van der Waals surface area contributed by atoms with Crippen LogP contribution in [0.1, 0.15) is 47.0 Å². The summed E-state index contributed by atoms with van der Waals surface area (Å²) in [6, 6.07) is -0.428. The van der Waals surface area contributed by atoms with Gasteiger partial charge in [0, 0.05) is 0 Å². The highest BCUT2D eigenvalue weighted by molar-refractivity contribution is 6.07. The van der Waals surface area contributed by atoms with Crippen molar-refractivity contribution < 1.29 is 9.59 Å². The Hall–Kier alpha value is -1.65. The van der Waals surface area contributed by atoms with Crippen molar-refractivity contribution in [3.05, 3.63) is 11.6 Å². The smallest absolute Gasteiger partial charge is 0.322 e. The Balaban J connectivity index is 1.77. The second-order valence-corrected chi connectivity index (χ2v) is 7.22. The lowest BCUT2D eigenvalue weighted by Crippen LogP contribution is -2.48. The fourth-order valence-electron chi connectivity index (χ4n) is 3.68. The zero-order chi connectivity index (χ0) is 15.4. The minimum atomic E-state index is -0.823. The van der Waals surface area contributed by atoms with E-state index in [9.17, 15) is 9.59 Å². The van der Waals surface area contributed by atoms with E-state index >= 15 is 0 Å². The van der Waals surface area contributed by atoms with E-state index in [0.717, 1.165) is 22.9 Å². The van der Waals surface area contributed by atoms with Crippen LogP contribution in [0.4, 0.5) is 4.79 Å². The van der Waals surface area contributed by atoms with Crippen LogP contribution in [-0.4, -0.2) is 28.7 Å². The van der Waals surface area contributed by atoms with Crippen molar-refractivity contribution >= 4 is 18.2 Å². The van der Waals surface area contributed by atoms with Crippen LogP contribution in [0, 0.1) is 17.3 Å². The lowest BCUT2D eigenvalue weighted by atomic mass is 9.49. The summed E-state index contributed by atoms with van der Waals surface area (Å²) in [5.74, 6) is 0.992. The number of nitrogens with one attached hydrogen (secondary N) is 1. The standard InChI is InChI=1S/C16H23N3O2/c1-5-16(4)13(20)19(14(21)18-16)17-9-10-6-7-11-8-12(10)15(11,2)3/h6,9,11-12H,5,7-8H2,1-4H3,(H,18,21)/b17-9-/t11-,12+,16-/m1/s1. The number of hydrogen-bond acceptors (Lipinski definition) is 3. The first-order valence-corrected chi connectivity index (χ1v) is 7.70. The SMILES string of the molecule is CC[C@@]1(C)NC(=O)N(/N=C\C2=CC[C@@H]3C[C@@H]2C3(C)C)C1=O. The molecule has 2 fully saturated rings. The normalized spacial score (nSPS) is 37.5. The molecule has 3 aliphatic carbocycles. The van der Waals surface area contributed by atoms with Gasteiger partial charge in [-0.1, -0.05) is 26.8 Å². The maximum atomic E-state index is 12.3. The molecule has 0 aromatic carbocycles. The van der Waals surface area contributed by atoms with Crippen molar-refractivity contribution in [1.82, 2.24) is 10.3 Å². The molecule has 5 heteroatoms. The van der Waals surface area contributed by atoms with Crippen LogP contribution >= 0.6 is 0 Å². The molecule has 0 radical (unpaired) electrons. The van der Waals surface area contributed by atoms with Gasteiger partial charge in [0.2, 0.25) is 0 Å². The number of carbonyl (C=O) groups is 2. The molecule has 21 heavy (non-hydrogen) atoms. The number of allylic oxidation sites excluding steroid dienone is 2. The number of hydrogen-bond donors (Lipinski definition) is 1. The molecular weight excluding hydrogens is 266 g/mol. The van der Waals surface area contributed by atoms with E-state index in [1.54, 1.807) is 13.1 Å². The molecule has 3 atom stereocenters. The molecule has 5 nitrogen and oxygen atoms in total. The van der Waals surface area contributed by atoms with Crippen LogP contribution in [0.3, 0.4) is 0 Å². The Labute approximate surface area is 125 Å². The Morgan fingerprint density at radius 3 is 2.67 bits per heavy atom. The first-order valence-electron chi connectivity index (χ1n) is 7.70. The molecule has 0 unspecified atom stereocenters. The first-order chi connectivity index (χ1) is 9.79. The minimum absolute atomic E-state index is 0.270. The van der Waals surface area contributed by atoms with Crippen LogP contribution in [-0.2, 0) is 4.79 Å². The fraction of sp³-hybridized carbons (Fsp3) is 0.688. The predicted molar refractivity (Wildman–Crippen MR) is 80.6 cm³/mol. The van der Waals surface area contributed by atoms with Gasteiger partial charge in [-0.15, -0.1) is 5.01 Å². The third-order valence-electron chi connectivity index (χ3n) is 5.78. The molecule has 3 amide bonds. The number of amides is 3. The number of hydrazone groups is 1. The van der Waals surface area contributed by atoms with E-state index in [1.807, 2.05) is 6.92 Å². The number of fused-ring (bicyclic) bond motifs is 1. The third-order valence-corrected chi connectivity index (χ3v) is 5.78. The van der Waals surface area contributed by atoms with Gasteiger partial charge in [-0.25, -0.2) is 4.79 Å². The average Bonchev–Trinajstić information content (AvgIpc) is 2.67. The first kappa shape index (κ1) is 14.3. The van der Waals surface area contributed by atoms with Crippen LogP contribution in [0.5, 0.6) is 0 Å². The van der Waals surface area contributed by atoms with Gasteiger partial charge in [0.25, 0.3) is 5.91 Å². The Bertz CT molecular complexity index is 564. The van der Waals surface area contributed by atoms with Crippen molar-refractivity contribution in [2.24, 2.45) is 22.4 Å². The van der Waals surface area contributed by atoms with E-state index < -0.39 is 11.6 Å². The van der Waals surface area contributed by atoms with E-state index in [0.29, 0.717) is 17.8 Å². The van der Waals surface area contributed by atoms with Crippen LogP contribution in [0.2, 0.25) is 0 Å². The maximum Gasteiger partial charge on any atom is 0.346 e. The average molecular weight is 289 g/mol. The number of imide groups is 1. The summed E-state index contributed by atoms with van der Waals surface area (Å²) in [6.45, 7) is 8.19. The molecule has 1 aliphatic heterocycles. The molecule has 1 heterocycles. The van der Waals surface area contributed by atoms with Crippen molar-refractivity contribution in [3.63, 3.8) is 0 Å². The van der Waals surface area contributed by atoms with Gasteiger partial charge in [-0.3, -0.25) is 4.79 Å². The summed E-state index contributed by atoms with van der Waals surface area (Å²) in [4.78, 5) is 24.2. The van der Waals surface area contributed by atoms with E-state index in [-0.39, 0.29) is 5.91 Å². The van der Waals surface area contributed by atoms with Gasteiger partial charge in [0.15, 0.2) is 0 Å². The van der Waals surface area contributed by atoms with Gasteiger partial charge in [0.1, 0.15) is 5.54 Å². The molecule has 0 spiro atoms. The van der Waals surface area contributed by atoms with Gasteiger partial charge < -0.3 is 5.32 Å². The van der Waals surface area contributed by atoms with Crippen molar-refractivity contribution in [2.75, 3.05) is 0 Å². The van der Waals surface area contributed by atoms with Crippen LogP contribution < -0.4 is 5.32 Å². The minimum Gasteiger partial charge on any atom is -0.322 e. The van der Waals surface area contributed by atoms with E-state index in [4.69, 9.17) is 0 Å². The number of rotatable bonds is 3. The molecule has 0 aromatic heterocycles. The molecule has 1 N–H and O–H groups in total. The number of carbonyl (C=O) groups excluding carboxylic acids is 2. The molecular formula is C16H23N3O2. The molecule has 1 saturated carbocycles. The fourth-order valence-corrected chi connectivity index (χ4v) is 3.68. The highest BCUT2D eigenvalue weighted by Crippen LogP contribution is 2.58. The van der Waals surface area contributed by atoms with E-state index in [2.05, 4.69) is 30.3 Å². The molecule has 4 rings (SSSR count). The largest absolute Gasteiger partial charge is 0.346 e. The van der Waals surface area contributed by atoms with Crippen molar-refractivity contribution in [1.29, 1.82) is 0 Å². The van der Waals surface area contributed by atoms with Gasteiger partial charge in [-0.05, 0) is 49.0 Å². The molecule has 4 aliphatic rings. The van der Waals surface area contributed by atoms with E-state index in [1.165, 1.54) is 6.42 Å². The highest BCUT2D eigenvalue weighted by Gasteiger charge is 2.51. The summed E-state index contributed by atoms with van der Waals surface area (Å²) in [7, 11) is 0. The summed E-state index contributed by atoms with van der Waals surface area (Å²) in [5.41, 5.74) is 0.648. The Morgan fingerprint density at radius 1 is 1.43 bits per heavy atom. The monoisotopic (exact) mass is 289 g/mol. The predicted octanol–water partition coefficient (Wildman–Crippen LogP) is 2.69. The van der Waals surface area contributed by atoms with Crippen LogP contribution in [0.25, 0.3) is 0 Å². The number of nitrogens with zero attached hydrogens (tertiary/aromatic N) is 2. The second-order valence-electron chi connectivity index (χ2n) is 7.22. The van der Waals surface area contributed by atoms with Crippen molar-refractivity contribution in [3.8, 4) is 0 Å². The quantitative estimate of drug-likeness (QED) is 0.641. The topological polar surface area (TPSA) is 61.8 Å². The molecule has 0 aromatic rings. The molecule has 2 bridgehead atoms. The zero-order valence-corrected chi connectivity index (χ0v) is 13.1. The summed E-state index contributed by atoms with van der Waals surface area (Å²) in [6.07, 6.45) is 6.73.